The summed E-state index contributed by atoms with van der Waals surface area (Å²) in [4.78, 5) is 35.8. The second-order valence-corrected chi connectivity index (χ2v) is 5.69. The molecule has 150 valence electrons. The van der Waals surface area contributed by atoms with Gasteiger partial charge in [0.05, 0.1) is 25.9 Å². The minimum atomic E-state index is -0.783. The summed E-state index contributed by atoms with van der Waals surface area (Å²) >= 11 is 0. The van der Waals surface area contributed by atoms with Crippen molar-refractivity contribution in [2.45, 2.75) is 0 Å². The number of esters is 1. The smallest absolute Gasteiger partial charge is 0.325 e. The van der Waals surface area contributed by atoms with Crippen LogP contribution in [0.15, 0.2) is 42.5 Å². The second-order valence-electron chi connectivity index (χ2n) is 5.69. The van der Waals surface area contributed by atoms with Crippen molar-refractivity contribution in [3.8, 4) is 17.6 Å². The lowest BCUT2D eigenvalue weighted by Gasteiger charge is -2.10. The standard InChI is InChI=1S/C20H19N3O6/c1-27-16-7-14(8-17(9-16)28-2)20(26)22-11-19(25)29-12-18(24)23-15-5-3-4-13(6-15)10-21/h3-9H,11-12H2,1-2H3,(H,22,26)(H,23,24). The van der Waals surface area contributed by atoms with E-state index in [1.807, 2.05) is 6.07 Å². The molecule has 0 atom stereocenters. The molecule has 0 aliphatic carbocycles. The van der Waals surface area contributed by atoms with Crippen molar-refractivity contribution in [1.29, 1.82) is 5.26 Å². The summed E-state index contributed by atoms with van der Waals surface area (Å²) in [7, 11) is 2.91. The van der Waals surface area contributed by atoms with Crippen LogP contribution < -0.4 is 20.1 Å². The molecular formula is C20H19N3O6. The SMILES string of the molecule is COc1cc(OC)cc(C(=O)NCC(=O)OCC(=O)Nc2cccc(C#N)c2)c1. The Hall–Kier alpha value is -4.06. The van der Waals surface area contributed by atoms with Crippen LogP contribution in [-0.4, -0.2) is 45.2 Å². The van der Waals surface area contributed by atoms with Crippen LogP contribution in [0.3, 0.4) is 0 Å². The van der Waals surface area contributed by atoms with E-state index in [2.05, 4.69) is 10.6 Å². The number of nitrogens with one attached hydrogen (secondary N) is 2. The number of ether oxygens (including phenoxy) is 3. The molecule has 0 unspecified atom stereocenters. The summed E-state index contributed by atoms with van der Waals surface area (Å²) in [5.74, 6) is -1.04. The molecule has 2 amide bonds. The molecule has 2 aromatic rings. The van der Waals surface area contributed by atoms with E-state index in [0.29, 0.717) is 22.7 Å². The van der Waals surface area contributed by atoms with Gasteiger partial charge in [0.25, 0.3) is 11.8 Å². The predicted molar refractivity (Wildman–Crippen MR) is 103 cm³/mol. The first-order chi connectivity index (χ1) is 13.9. The number of methoxy groups -OCH3 is 2. The Morgan fingerprint density at radius 3 is 2.34 bits per heavy atom. The number of hydrogen-bond donors (Lipinski definition) is 2. The Balaban J connectivity index is 1.81. The van der Waals surface area contributed by atoms with Gasteiger partial charge in [0.2, 0.25) is 0 Å². The predicted octanol–water partition coefficient (Wildman–Crippen LogP) is 1.49. The van der Waals surface area contributed by atoms with Gasteiger partial charge in [-0.1, -0.05) is 6.07 Å². The lowest BCUT2D eigenvalue weighted by Crippen LogP contribution is -2.32. The molecule has 9 nitrogen and oxygen atoms in total. The van der Waals surface area contributed by atoms with Gasteiger partial charge < -0.3 is 24.8 Å². The Morgan fingerprint density at radius 1 is 1.03 bits per heavy atom. The van der Waals surface area contributed by atoms with Gasteiger partial charge in [-0.3, -0.25) is 14.4 Å². The van der Waals surface area contributed by atoms with Gasteiger partial charge in [0, 0.05) is 17.3 Å². The van der Waals surface area contributed by atoms with E-state index >= 15 is 0 Å². The van der Waals surface area contributed by atoms with E-state index in [1.54, 1.807) is 24.3 Å². The Morgan fingerprint density at radius 2 is 1.72 bits per heavy atom. The number of rotatable bonds is 8. The zero-order valence-corrected chi connectivity index (χ0v) is 15.9. The van der Waals surface area contributed by atoms with Crippen molar-refractivity contribution in [2.75, 3.05) is 32.7 Å². The maximum Gasteiger partial charge on any atom is 0.325 e. The zero-order chi connectivity index (χ0) is 21.2. The fourth-order valence-corrected chi connectivity index (χ4v) is 2.25. The monoisotopic (exact) mass is 397 g/mol. The maximum absolute atomic E-state index is 12.2. The molecule has 0 aliphatic heterocycles. The minimum absolute atomic E-state index is 0.240. The van der Waals surface area contributed by atoms with Gasteiger partial charge in [-0.05, 0) is 30.3 Å². The second kappa shape index (κ2) is 10.3. The highest BCUT2D eigenvalue weighted by molar-refractivity contribution is 5.97. The Labute approximate surface area is 167 Å². The Kier molecular flexibility index (Phi) is 7.56. The minimum Gasteiger partial charge on any atom is -0.497 e. The van der Waals surface area contributed by atoms with E-state index < -0.39 is 30.9 Å². The molecule has 0 radical (unpaired) electrons. The largest absolute Gasteiger partial charge is 0.497 e. The van der Waals surface area contributed by atoms with Crippen molar-refractivity contribution in [2.24, 2.45) is 0 Å². The average molecular weight is 397 g/mol. The van der Waals surface area contributed by atoms with E-state index in [0.717, 1.165) is 0 Å². The summed E-state index contributed by atoms with van der Waals surface area (Å²) in [6, 6.07) is 12.8. The normalized spacial score (nSPS) is 9.69. The number of nitrogens with zero attached hydrogens (tertiary/aromatic N) is 1. The van der Waals surface area contributed by atoms with Gasteiger partial charge in [0.15, 0.2) is 6.61 Å². The average Bonchev–Trinajstić information content (AvgIpc) is 2.75. The molecule has 29 heavy (non-hydrogen) atoms. The van der Waals surface area contributed by atoms with Crippen molar-refractivity contribution < 1.29 is 28.6 Å². The lowest BCUT2D eigenvalue weighted by atomic mass is 10.2. The molecule has 0 aliphatic rings. The number of amides is 2. The van der Waals surface area contributed by atoms with Crippen LogP contribution in [0, 0.1) is 11.3 Å². The van der Waals surface area contributed by atoms with Crippen LogP contribution >= 0.6 is 0 Å². The first-order valence-corrected chi connectivity index (χ1v) is 8.42. The highest BCUT2D eigenvalue weighted by Gasteiger charge is 2.13. The quantitative estimate of drug-likeness (QED) is 0.646. The van der Waals surface area contributed by atoms with Crippen LogP contribution in [-0.2, 0) is 14.3 Å². The first kappa shape index (κ1) is 21.2. The number of hydrogen-bond acceptors (Lipinski definition) is 7. The van der Waals surface area contributed by atoms with Crippen LogP contribution in [0.5, 0.6) is 11.5 Å². The number of carbonyl (C=O) groups excluding carboxylic acids is 3. The van der Waals surface area contributed by atoms with Gasteiger partial charge >= 0.3 is 5.97 Å². The number of carbonyl (C=O) groups is 3. The lowest BCUT2D eigenvalue weighted by molar-refractivity contribution is -0.146. The molecule has 2 aromatic carbocycles. The molecule has 0 saturated carbocycles. The van der Waals surface area contributed by atoms with Crippen LogP contribution in [0.2, 0.25) is 0 Å². The molecule has 2 rings (SSSR count). The Bertz CT molecular complexity index is 929. The summed E-state index contributed by atoms with van der Waals surface area (Å²) in [5.41, 5.74) is 1.03. The van der Waals surface area contributed by atoms with Gasteiger partial charge in [-0.2, -0.15) is 5.26 Å². The molecule has 2 N–H and O–H groups in total. The van der Waals surface area contributed by atoms with E-state index in [4.69, 9.17) is 19.5 Å². The number of nitriles is 1. The van der Waals surface area contributed by atoms with Crippen molar-refractivity contribution >= 4 is 23.5 Å². The molecule has 0 aromatic heterocycles. The highest BCUT2D eigenvalue weighted by Crippen LogP contribution is 2.22. The van der Waals surface area contributed by atoms with E-state index in [-0.39, 0.29) is 5.56 Å². The van der Waals surface area contributed by atoms with Gasteiger partial charge in [-0.25, -0.2) is 0 Å². The molecule has 0 heterocycles. The van der Waals surface area contributed by atoms with E-state index in [1.165, 1.54) is 32.4 Å². The van der Waals surface area contributed by atoms with Gasteiger partial charge in [-0.15, -0.1) is 0 Å². The topological polar surface area (TPSA) is 127 Å². The third kappa shape index (κ3) is 6.55. The number of anilines is 1. The maximum atomic E-state index is 12.2. The van der Waals surface area contributed by atoms with Crippen molar-refractivity contribution in [3.05, 3.63) is 53.6 Å². The first-order valence-electron chi connectivity index (χ1n) is 8.42. The third-order valence-corrected chi connectivity index (χ3v) is 3.65. The molecule has 0 spiro atoms. The summed E-state index contributed by atoms with van der Waals surface area (Å²) < 4.78 is 15.0. The third-order valence-electron chi connectivity index (χ3n) is 3.65. The summed E-state index contributed by atoms with van der Waals surface area (Å²) in [6.07, 6.45) is 0. The molecule has 0 fully saturated rings. The van der Waals surface area contributed by atoms with Crippen LogP contribution in [0.4, 0.5) is 5.69 Å². The van der Waals surface area contributed by atoms with Crippen LogP contribution in [0.25, 0.3) is 0 Å². The fourth-order valence-electron chi connectivity index (χ4n) is 2.25. The molecule has 0 saturated heterocycles. The molecule has 9 heteroatoms. The molecule has 0 bridgehead atoms. The zero-order valence-electron chi connectivity index (χ0n) is 15.9. The fraction of sp³-hybridized carbons (Fsp3) is 0.200. The van der Waals surface area contributed by atoms with Crippen molar-refractivity contribution in [1.82, 2.24) is 5.32 Å². The number of benzene rings is 2. The van der Waals surface area contributed by atoms with Crippen LogP contribution in [0.1, 0.15) is 15.9 Å². The molecular weight excluding hydrogens is 378 g/mol. The van der Waals surface area contributed by atoms with Crippen molar-refractivity contribution in [3.63, 3.8) is 0 Å². The summed E-state index contributed by atoms with van der Waals surface area (Å²) in [6.45, 7) is -0.950. The van der Waals surface area contributed by atoms with E-state index in [9.17, 15) is 14.4 Å². The van der Waals surface area contributed by atoms with Gasteiger partial charge in [0.1, 0.15) is 18.0 Å². The highest BCUT2D eigenvalue weighted by atomic mass is 16.5. The summed E-state index contributed by atoms with van der Waals surface area (Å²) in [5, 5.41) is 13.7.